The van der Waals surface area contributed by atoms with Crippen molar-refractivity contribution in [1.29, 1.82) is 0 Å². The highest BCUT2D eigenvalue weighted by Crippen LogP contribution is 2.30. The molecule has 0 atom stereocenters. The first kappa shape index (κ1) is 14.1. The van der Waals surface area contributed by atoms with Gasteiger partial charge in [0.1, 0.15) is 0 Å². The normalized spacial score (nSPS) is 20.3. The third kappa shape index (κ3) is 2.93. The molecule has 2 aliphatic rings. The van der Waals surface area contributed by atoms with Crippen LogP contribution in [0.5, 0.6) is 0 Å². The molecule has 0 spiro atoms. The fourth-order valence-electron chi connectivity index (χ4n) is 3.14. The maximum Gasteiger partial charge on any atom is 0.244 e. The molecule has 2 amide bonds. The fraction of sp³-hybridized carbons (Fsp3) is 0.500. The Kier molecular flexibility index (Phi) is 3.68. The van der Waals surface area contributed by atoms with E-state index < -0.39 is 5.54 Å². The van der Waals surface area contributed by atoms with E-state index in [0.717, 1.165) is 55.5 Å². The summed E-state index contributed by atoms with van der Waals surface area (Å²) >= 11 is 0. The molecule has 5 nitrogen and oxygen atoms in total. The van der Waals surface area contributed by atoms with Crippen LogP contribution in [0.3, 0.4) is 0 Å². The quantitative estimate of drug-likeness (QED) is 0.779. The molecule has 21 heavy (non-hydrogen) atoms. The van der Waals surface area contributed by atoms with Crippen LogP contribution in [0, 0.1) is 0 Å². The molecule has 1 aliphatic carbocycles. The van der Waals surface area contributed by atoms with Gasteiger partial charge in [0.05, 0.1) is 5.54 Å². The van der Waals surface area contributed by atoms with Gasteiger partial charge in [0, 0.05) is 17.8 Å². The van der Waals surface area contributed by atoms with Crippen LogP contribution >= 0.6 is 0 Å². The second-order valence-corrected chi connectivity index (χ2v) is 6.09. The van der Waals surface area contributed by atoms with Crippen molar-refractivity contribution in [3.63, 3.8) is 0 Å². The number of carbonyl (C=O) groups excluding carboxylic acids is 2. The molecule has 1 fully saturated rings. The van der Waals surface area contributed by atoms with Gasteiger partial charge in [0.15, 0.2) is 0 Å². The third-order valence-electron chi connectivity index (χ3n) is 4.44. The standard InChI is InChI=1S/C16H21N3O2/c17-16(8-1-2-9-16)15(21)18-12-6-7-13-11(10-12)4-3-5-14(20)19-13/h6-7,10H,1-5,8-9,17H2,(H,18,21)(H,19,20). The van der Waals surface area contributed by atoms with Crippen LogP contribution in [0.25, 0.3) is 0 Å². The van der Waals surface area contributed by atoms with Gasteiger partial charge in [-0.05, 0) is 49.4 Å². The minimum absolute atomic E-state index is 0.0532. The molecule has 1 saturated carbocycles. The molecular weight excluding hydrogens is 266 g/mol. The summed E-state index contributed by atoms with van der Waals surface area (Å²) in [6.07, 6.45) is 5.74. The van der Waals surface area contributed by atoms with Crippen molar-refractivity contribution in [2.24, 2.45) is 5.73 Å². The smallest absolute Gasteiger partial charge is 0.244 e. The molecular formula is C16H21N3O2. The van der Waals surface area contributed by atoms with Gasteiger partial charge in [-0.15, -0.1) is 0 Å². The number of benzene rings is 1. The summed E-state index contributed by atoms with van der Waals surface area (Å²) in [6.45, 7) is 0. The van der Waals surface area contributed by atoms with Crippen LogP contribution in [0.15, 0.2) is 18.2 Å². The third-order valence-corrected chi connectivity index (χ3v) is 4.44. The summed E-state index contributed by atoms with van der Waals surface area (Å²) in [7, 11) is 0. The zero-order valence-electron chi connectivity index (χ0n) is 12.1. The predicted octanol–water partition coefficient (Wildman–Crippen LogP) is 2.17. The number of carbonyl (C=O) groups is 2. The summed E-state index contributed by atoms with van der Waals surface area (Å²) in [4.78, 5) is 23.8. The molecule has 0 aromatic heterocycles. The summed E-state index contributed by atoms with van der Waals surface area (Å²) in [5.74, 6) is -0.0463. The van der Waals surface area contributed by atoms with Gasteiger partial charge >= 0.3 is 0 Å². The number of anilines is 2. The van der Waals surface area contributed by atoms with Crippen LogP contribution in [0.1, 0.15) is 44.1 Å². The number of nitrogens with two attached hydrogens (primary N) is 1. The second-order valence-electron chi connectivity index (χ2n) is 6.09. The number of amides is 2. The Morgan fingerprint density at radius 3 is 2.71 bits per heavy atom. The van der Waals surface area contributed by atoms with Crippen molar-refractivity contribution < 1.29 is 9.59 Å². The van der Waals surface area contributed by atoms with E-state index in [1.807, 2.05) is 18.2 Å². The van der Waals surface area contributed by atoms with Crippen molar-refractivity contribution in [2.75, 3.05) is 10.6 Å². The van der Waals surface area contributed by atoms with Crippen LogP contribution in [0.2, 0.25) is 0 Å². The maximum atomic E-state index is 12.3. The lowest BCUT2D eigenvalue weighted by molar-refractivity contribution is -0.121. The van der Waals surface area contributed by atoms with E-state index in [1.165, 1.54) is 0 Å². The summed E-state index contributed by atoms with van der Waals surface area (Å²) in [5.41, 5.74) is 8.11. The van der Waals surface area contributed by atoms with Crippen molar-refractivity contribution in [2.45, 2.75) is 50.5 Å². The van der Waals surface area contributed by atoms with Crippen molar-refractivity contribution in [3.05, 3.63) is 23.8 Å². The van der Waals surface area contributed by atoms with Crippen LogP contribution in [-0.4, -0.2) is 17.4 Å². The first-order valence-electron chi connectivity index (χ1n) is 7.60. The Balaban J connectivity index is 1.76. The zero-order chi connectivity index (χ0) is 14.9. The number of fused-ring (bicyclic) bond motifs is 1. The Morgan fingerprint density at radius 1 is 1.19 bits per heavy atom. The average Bonchev–Trinajstić information content (AvgIpc) is 2.81. The molecule has 0 unspecified atom stereocenters. The highest BCUT2D eigenvalue weighted by atomic mass is 16.2. The van der Waals surface area contributed by atoms with E-state index in [2.05, 4.69) is 10.6 Å². The predicted molar refractivity (Wildman–Crippen MR) is 82.0 cm³/mol. The van der Waals surface area contributed by atoms with Crippen molar-refractivity contribution in [3.8, 4) is 0 Å². The van der Waals surface area contributed by atoms with Gasteiger partial charge in [-0.3, -0.25) is 9.59 Å². The molecule has 112 valence electrons. The zero-order valence-corrected chi connectivity index (χ0v) is 12.1. The fourth-order valence-corrected chi connectivity index (χ4v) is 3.14. The molecule has 1 aromatic carbocycles. The lowest BCUT2D eigenvalue weighted by atomic mass is 9.98. The molecule has 1 aromatic rings. The number of hydrogen-bond donors (Lipinski definition) is 3. The molecule has 0 bridgehead atoms. The van der Waals surface area contributed by atoms with E-state index >= 15 is 0 Å². The van der Waals surface area contributed by atoms with Gasteiger partial charge in [0.2, 0.25) is 11.8 Å². The molecule has 1 aliphatic heterocycles. The molecule has 4 N–H and O–H groups in total. The largest absolute Gasteiger partial charge is 0.326 e. The summed E-state index contributed by atoms with van der Waals surface area (Å²) < 4.78 is 0. The van der Waals surface area contributed by atoms with Gasteiger partial charge < -0.3 is 16.4 Å². The van der Waals surface area contributed by atoms with Gasteiger partial charge in [-0.2, -0.15) is 0 Å². The number of nitrogens with one attached hydrogen (secondary N) is 2. The van der Waals surface area contributed by atoms with Crippen molar-refractivity contribution in [1.82, 2.24) is 0 Å². The van der Waals surface area contributed by atoms with Gasteiger partial charge in [0.25, 0.3) is 0 Å². The van der Waals surface area contributed by atoms with E-state index in [-0.39, 0.29) is 11.8 Å². The Labute approximate surface area is 124 Å². The Hall–Kier alpha value is -1.88. The van der Waals surface area contributed by atoms with Crippen LogP contribution < -0.4 is 16.4 Å². The molecule has 5 heteroatoms. The summed E-state index contributed by atoms with van der Waals surface area (Å²) in [6, 6.07) is 5.61. The van der Waals surface area contributed by atoms with Crippen LogP contribution in [0.4, 0.5) is 11.4 Å². The number of aryl methyl sites for hydroxylation is 1. The highest BCUT2D eigenvalue weighted by Gasteiger charge is 2.37. The van der Waals surface area contributed by atoms with E-state index in [4.69, 9.17) is 5.73 Å². The lowest BCUT2D eigenvalue weighted by Gasteiger charge is -2.22. The number of rotatable bonds is 2. The van der Waals surface area contributed by atoms with E-state index in [9.17, 15) is 9.59 Å². The van der Waals surface area contributed by atoms with Gasteiger partial charge in [-0.25, -0.2) is 0 Å². The second kappa shape index (κ2) is 5.48. The van der Waals surface area contributed by atoms with Crippen LogP contribution in [-0.2, 0) is 16.0 Å². The Bertz CT molecular complexity index is 577. The first-order valence-corrected chi connectivity index (χ1v) is 7.60. The minimum Gasteiger partial charge on any atom is -0.326 e. The molecule has 3 rings (SSSR count). The van der Waals surface area contributed by atoms with E-state index in [0.29, 0.717) is 6.42 Å². The minimum atomic E-state index is -0.721. The summed E-state index contributed by atoms with van der Waals surface area (Å²) in [5, 5.41) is 5.82. The Morgan fingerprint density at radius 2 is 1.95 bits per heavy atom. The molecule has 0 radical (unpaired) electrons. The lowest BCUT2D eigenvalue weighted by Crippen LogP contribution is -2.48. The number of hydrogen-bond acceptors (Lipinski definition) is 3. The first-order chi connectivity index (χ1) is 10.1. The monoisotopic (exact) mass is 287 g/mol. The van der Waals surface area contributed by atoms with Gasteiger partial charge in [-0.1, -0.05) is 12.8 Å². The maximum absolute atomic E-state index is 12.3. The topological polar surface area (TPSA) is 84.2 Å². The molecule has 1 heterocycles. The SMILES string of the molecule is NC1(C(=O)Nc2ccc3c(c2)CCCC(=O)N3)CCCC1. The highest BCUT2D eigenvalue weighted by molar-refractivity contribution is 5.99. The molecule has 0 saturated heterocycles. The average molecular weight is 287 g/mol. The van der Waals surface area contributed by atoms with Crippen molar-refractivity contribution >= 4 is 23.2 Å². The van der Waals surface area contributed by atoms with E-state index in [1.54, 1.807) is 0 Å².